The number of rotatable bonds is 6. The van der Waals surface area contributed by atoms with Gasteiger partial charge in [-0.15, -0.1) is 0 Å². The molecule has 148 valence electrons. The molecule has 8 nitrogen and oxygen atoms in total. The molecule has 0 saturated carbocycles. The number of halogens is 2. The van der Waals surface area contributed by atoms with Crippen molar-refractivity contribution in [3.05, 3.63) is 36.0 Å². The van der Waals surface area contributed by atoms with Gasteiger partial charge < -0.3 is 20.9 Å². The van der Waals surface area contributed by atoms with Gasteiger partial charge in [0.1, 0.15) is 0 Å². The van der Waals surface area contributed by atoms with Gasteiger partial charge in [0.2, 0.25) is 12.3 Å². The molecule has 1 atom stereocenters. The third-order valence-electron chi connectivity index (χ3n) is 4.55. The van der Waals surface area contributed by atoms with Gasteiger partial charge in [-0.3, -0.25) is 19.4 Å². The zero-order valence-electron chi connectivity index (χ0n) is 15.0. The summed E-state index contributed by atoms with van der Waals surface area (Å²) < 4.78 is 27.1. The number of aromatic nitrogens is 1. The van der Waals surface area contributed by atoms with Crippen LogP contribution in [-0.4, -0.2) is 60.3 Å². The second kappa shape index (κ2) is 7.85. The summed E-state index contributed by atoms with van der Waals surface area (Å²) in [5.74, 6) is -4.11. The summed E-state index contributed by atoms with van der Waals surface area (Å²) >= 11 is 0. The van der Waals surface area contributed by atoms with Crippen LogP contribution in [0.3, 0.4) is 0 Å². The lowest BCUT2D eigenvalue weighted by molar-refractivity contribution is -0.132. The lowest BCUT2D eigenvalue weighted by Crippen LogP contribution is -2.47. The second-order valence-electron chi connectivity index (χ2n) is 6.39. The molecule has 3 N–H and O–H groups in total. The minimum atomic E-state index is -2.96. The molecule has 0 spiro atoms. The van der Waals surface area contributed by atoms with Crippen molar-refractivity contribution in [2.75, 3.05) is 25.5 Å². The summed E-state index contributed by atoms with van der Waals surface area (Å²) in [6.45, 7) is -1.10. The van der Waals surface area contributed by atoms with Gasteiger partial charge in [-0.1, -0.05) is 12.1 Å². The van der Waals surface area contributed by atoms with Crippen LogP contribution < -0.4 is 16.0 Å². The van der Waals surface area contributed by atoms with Gasteiger partial charge in [0.15, 0.2) is 0 Å². The second-order valence-corrected chi connectivity index (χ2v) is 6.39. The average molecular weight is 391 g/mol. The van der Waals surface area contributed by atoms with Crippen molar-refractivity contribution >= 4 is 34.8 Å². The molecule has 0 unspecified atom stereocenters. The Morgan fingerprint density at radius 2 is 2.14 bits per heavy atom. The Kier molecular flexibility index (Phi) is 5.50. The van der Waals surface area contributed by atoms with Gasteiger partial charge in [-0.05, 0) is 19.2 Å². The molecular weight excluding hydrogens is 372 g/mol. The van der Waals surface area contributed by atoms with E-state index in [1.807, 2.05) is 0 Å². The van der Waals surface area contributed by atoms with Crippen LogP contribution in [0.5, 0.6) is 0 Å². The maximum absolute atomic E-state index is 13.6. The smallest absolute Gasteiger partial charge is 0.268 e. The van der Waals surface area contributed by atoms with Crippen molar-refractivity contribution < 1.29 is 23.2 Å². The SMILES string of the molecule is CN[C@@H]1CC(F)(F)CN1C(=O)CNC(=O)c1ccnc2c(NC=O)cccc12. The quantitative estimate of drug-likeness (QED) is 0.636. The van der Waals surface area contributed by atoms with E-state index in [-0.39, 0.29) is 5.56 Å². The van der Waals surface area contributed by atoms with Crippen LogP contribution in [0.15, 0.2) is 30.5 Å². The van der Waals surface area contributed by atoms with Gasteiger partial charge in [0.25, 0.3) is 11.8 Å². The highest BCUT2D eigenvalue weighted by molar-refractivity contribution is 6.09. The summed E-state index contributed by atoms with van der Waals surface area (Å²) in [6.07, 6.45) is 0.669. The van der Waals surface area contributed by atoms with E-state index in [2.05, 4.69) is 20.9 Å². The van der Waals surface area contributed by atoms with Crippen LogP contribution in [0.2, 0.25) is 0 Å². The van der Waals surface area contributed by atoms with Crippen molar-refractivity contribution in [3.8, 4) is 0 Å². The maximum atomic E-state index is 13.6. The molecule has 2 aromatic rings. The van der Waals surface area contributed by atoms with E-state index in [9.17, 15) is 23.2 Å². The molecule has 1 saturated heterocycles. The standard InChI is InChI=1S/C18H19F2N5O3/c1-21-14-7-18(19,20)9-25(14)15(27)8-23-17(28)12-5-6-22-16-11(12)3-2-4-13(16)24-10-26/h2-6,10,14,21H,7-9H2,1H3,(H,23,28)(H,24,26)/t14-/m0/s1. The van der Waals surface area contributed by atoms with E-state index in [4.69, 9.17) is 0 Å². The monoisotopic (exact) mass is 391 g/mol. The number of carbonyl (C=O) groups is 3. The number of para-hydroxylation sites is 1. The van der Waals surface area contributed by atoms with E-state index in [0.717, 1.165) is 4.90 Å². The average Bonchev–Trinajstić information content (AvgIpc) is 3.00. The third kappa shape index (κ3) is 3.91. The molecule has 28 heavy (non-hydrogen) atoms. The first-order valence-electron chi connectivity index (χ1n) is 8.57. The summed E-state index contributed by atoms with van der Waals surface area (Å²) in [5, 5.41) is 8.15. The fourth-order valence-corrected chi connectivity index (χ4v) is 3.24. The predicted molar refractivity (Wildman–Crippen MR) is 97.9 cm³/mol. The summed E-state index contributed by atoms with van der Waals surface area (Å²) in [6, 6.07) is 6.43. The van der Waals surface area contributed by atoms with Crippen molar-refractivity contribution in [2.45, 2.75) is 18.5 Å². The van der Waals surface area contributed by atoms with Crippen molar-refractivity contribution in [1.29, 1.82) is 0 Å². The van der Waals surface area contributed by atoms with Gasteiger partial charge in [0.05, 0.1) is 36.0 Å². The van der Waals surface area contributed by atoms with Crippen LogP contribution in [0.1, 0.15) is 16.8 Å². The molecule has 1 aromatic carbocycles. The Bertz CT molecular complexity index is 921. The molecule has 3 rings (SSSR count). The topological polar surface area (TPSA) is 103 Å². The van der Waals surface area contributed by atoms with E-state index in [0.29, 0.717) is 23.0 Å². The largest absolute Gasteiger partial charge is 0.343 e. The lowest BCUT2D eigenvalue weighted by atomic mass is 10.1. The third-order valence-corrected chi connectivity index (χ3v) is 4.55. The molecule has 1 fully saturated rings. The van der Waals surface area contributed by atoms with E-state index in [1.54, 1.807) is 18.2 Å². The van der Waals surface area contributed by atoms with Crippen molar-refractivity contribution in [3.63, 3.8) is 0 Å². The van der Waals surface area contributed by atoms with Gasteiger partial charge in [-0.2, -0.15) is 0 Å². The minimum absolute atomic E-state index is 0.254. The Hall–Kier alpha value is -3.14. The van der Waals surface area contributed by atoms with Gasteiger partial charge in [-0.25, -0.2) is 8.78 Å². The van der Waals surface area contributed by atoms with Crippen LogP contribution >= 0.6 is 0 Å². The Morgan fingerprint density at radius 3 is 2.86 bits per heavy atom. The molecule has 0 aliphatic carbocycles. The molecule has 3 amide bonds. The zero-order chi connectivity index (χ0) is 20.3. The van der Waals surface area contributed by atoms with E-state index < -0.39 is 43.4 Å². The number of carbonyl (C=O) groups excluding carboxylic acids is 3. The van der Waals surface area contributed by atoms with Gasteiger partial charge >= 0.3 is 0 Å². The molecule has 1 aliphatic heterocycles. The first-order chi connectivity index (χ1) is 13.4. The Labute approximate surface area is 159 Å². The number of hydrogen-bond donors (Lipinski definition) is 3. The van der Waals surface area contributed by atoms with E-state index >= 15 is 0 Å². The van der Waals surface area contributed by atoms with Crippen LogP contribution in [0.25, 0.3) is 10.9 Å². The first-order valence-corrected chi connectivity index (χ1v) is 8.57. The summed E-state index contributed by atoms with van der Waals surface area (Å²) in [7, 11) is 1.50. The van der Waals surface area contributed by atoms with Gasteiger partial charge in [0, 0.05) is 18.0 Å². The lowest BCUT2D eigenvalue weighted by Gasteiger charge is -2.23. The van der Waals surface area contributed by atoms with Crippen molar-refractivity contribution in [1.82, 2.24) is 20.5 Å². The fourth-order valence-electron chi connectivity index (χ4n) is 3.24. The number of pyridine rings is 1. The number of likely N-dealkylation sites (tertiary alicyclic amines) is 1. The molecule has 1 aromatic heterocycles. The number of nitrogens with zero attached hydrogens (tertiary/aromatic N) is 2. The number of anilines is 1. The fraction of sp³-hybridized carbons (Fsp3) is 0.333. The number of amides is 3. The number of alkyl halides is 2. The number of nitrogens with one attached hydrogen (secondary N) is 3. The molecule has 0 bridgehead atoms. The summed E-state index contributed by atoms with van der Waals surface area (Å²) in [4.78, 5) is 40.8. The predicted octanol–water partition coefficient (Wildman–Crippen LogP) is 0.946. The molecule has 0 radical (unpaired) electrons. The Morgan fingerprint density at radius 1 is 1.36 bits per heavy atom. The number of fused-ring (bicyclic) bond motifs is 1. The number of benzene rings is 1. The molecule has 1 aliphatic rings. The summed E-state index contributed by atoms with van der Waals surface area (Å²) in [5.41, 5.74) is 1.11. The normalized spacial score (nSPS) is 18.1. The van der Waals surface area contributed by atoms with Crippen LogP contribution in [0, 0.1) is 0 Å². The van der Waals surface area contributed by atoms with Crippen LogP contribution in [0.4, 0.5) is 14.5 Å². The zero-order valence-corrected chi connectivity index (χ0v) is 15.0. The highest BCUT2D eigenvalue weighted by Crippen LogP contribution is 2.30. The van der Waals surface area contributed by atoms with E-state index in [1.165, 1.54) is 19.3 Å². The molecule has 10 heteroatoms. The first kappa shape index (κ1) is 19.6. The Balaban J connectivity index is 1.74. The molecule has 2 heterocycles. The van der Waals surface area contributed by atoms with Crippen LogP contribution in [-0.2, 0) is 9.59 Å². The van der Waals surface area contributed by atoms with Crippen molar-refractivity contribution in [2.24, 2.45) is 0 Å². The minimum Gasteiger partial charge on any atom is -0.343 e. The highest BCUT2D eigenvalue weighted by atomic mass is 19.3. The maximum Gasteiger partial charge on any atom is 0.268 e. The number of hydrogen-bond acceptors (Lipinski definition) is 5. The molecular formula is C18H19F2N5O3. The highest BCUT2D eigenvalue weighted by Gasteiger charge is 2.46.